The summed E-state index contributed by atoms with van der Waals surface area (Å²) in [6.45, 7) is 7.95. The van der Waals surface area contributed by atoms with Crippen LogP contribution in [0, 0.1) is 12.3 Å². The van der Waals surface area contributed by atoms with Gasteiger partial charge in [-0.25, -0.2) is 0 Å². The van der Waals surface area contributed by atoms with E-state index < -0.39 is 0 Å². The molecule has 0 bridgehead atoms. The molecule has 0 amide bonds. The molecule has 0 heterocycles. The van der Waals surface area contributed by atoms with E-state index in [2.05, 4.69) is 19.6 Å². The minimum atomic E-state index is -0.0399. The van der Waals surface area contributed by atoms with Crippen molar-refractivity contribution in [1.29, 1.82) is 0 Å². The quantitative estimate of drug-likeness (QED) is 0.534. The van der Waals surface area contributed by atoms with Gasteiger partial charge >= 0.3 is 0 Å². The number of benzene rings is 1. The number of aryl methyl sites for hydroxylation is 1. The molecule has 0 aromatic heterocycles. The van der Waals surface area contributed by atoms with Crippen LogP contribution < -0.4 is 0 Å². The van der Waals surface area contributed by atoms with E-state index in [1.54, 1.807) is 0 Å². The summed E-state index contributed by atoms with van der Waals surface area (Å²) in [5.74, 6) is 0.582. The fourth-order valence-electron chi connectivity index (χ4n) is 1.46. The lowest BCUT2D eigenvalue weighted by atomic mass is 9.85. The van der Waals surface area contributed by atoms with Crippen LogP contribution in [-0.4, -0.2) is 5.88 Å². The van der Waals surface area contributed by atoms with Gasteiger partial charge in [0.25, 0.3) is 0 Å². The summed E-state index contributed by atoms with van der Waals surface area (Å²) >= 11 is 11.9. The Hall–Kier alpha value is -0.460. The van der Waals surface area contributed by atoms with E-state index in [-0.39, 0.29) is 5.41 Å². The average Bonchev–Trinajstić information content (AvgIpc) is 2.23. The lowest BCUT2D eigenvalue weighted by Crippen LogP contribution is -2.18. The first-order valence-corrected chi connectivity index (χ1v) is 5.86. The summed E-state index contributed by atoms with van der Waals surface area (Å²) in [5.41, 5.74) is 2.32. The molecule has 2 heteroatoms. The fourth-order valence-corrected chi connectivity index (χ4v) is 1.78. The summed E-state index contributed by atoms with van der Waals surface area (Å²) in [6.07, 6.45) is 2.82. The van der Waals surface area contributed by atoms with E-state index in [0.717, 1.165) is 17.0 Å². The van der Waals surface area contributed by atoms with Gasteiger partial charge in [-0.2, -0.15) is 0 Å². The van der Waals surface area contributed by atoms with E-state index in [0.29, 0.717) is 5.88 Å². The van der Waals surface area contributed by atoms with Crippen LogP contribution in [0.1, 0.15) is 18.1 Å². The molecule has 1 aromatic rings. The van der Waals surface area contributed by atoms with Gasteiger partial charge in [0.05, 0.1) is 0 Å². The minimum absolute atomic E-state index is 0.0399. The van der Waals surface area contributed by atoms with Gasteiger partial charge in [0.15, 0.2) is 0 Å². The van der Waals surface area contributed by atoms with Crippen molar-refractivity contribution >= 4 is 23.2 Å². The van der Waals surface area contributed by atoms with Gasteiger partial charge in [-0.1, -0.05) is 36.7 Å². The molecule has 0 saturated carbocycles. The molecule has 0 aliphatic carbocycles. The molecule has 1 unspecified atom stereocenters. The highest BCUT2D eigenvalue weighted by Gasteiger charge is 2.19. The van der Waals surface area contributed by atoms with Gasteiger partial charge in [0.2, 0.25) is 0 Å². The standard InChI is InChI=1S/C13H16Cl2/c1-4-13(3,9-14)8-11-5-6-12(15)10(2)7-11/h4-7H,1,8-9H2,2-3H3. The van der Waals surface area contributed by atoms with Crippen LogP contribution >= 0.6 is 23.2 Å². The fraction of sp³-hybridized carbons (Fsp3) is 0.385. The Labute approximate surface area is 102 Å². The Balaban J connectivity index is 2.89. The number of allylic oxidation sites excluding steroid dienone is 1. The van der Waals surface area contributed by atoms with Crippen molar-refractivity contribution < 1.29 is 0 Å². The highest BCUT2D eigenvalue weighted by atomic mass is 35.5. The summed E-state index contributed by atoms with van der Waals surface area (Å²) in [7, 11) is 0. The molecule has 1 aromatic carbocycles. The third-order valence-electron chi connectivity index (χ3n) is 2.63. The van der Waals surface area contributed by atoms with Gasteiger partial charge in [-0.15, -0.1) is 18.2 Å². The highest BCUT2D eigenvalue weighted by molar-refractivity contribution is 6.31. The Kier molecular flexibility index (Phi) is 4.24. The topological polar surface area (TPSA) is 0 Å². The normalized spacial score (nSPS) is 14.7. The van der Waals surface area contributed by atoms with Crippen LogP contribution in [-0.2, 0) is 6.42 Å². The Morgan fingerprint density at radius 1 is 1.47 bits per heavy atom. The van der Waals surface area contributed by atoms with Crippen LogP contribution in [0.3, 0.4) is 0 Å². The molecule has 82 valence electrons. The first-order chi connectivity index (χ1) is 7.00. The SMILES string of the molecule is C=CC(C)(CCl)Cc1ccc(Cl)c(C)c1. The van der Waals surface area contributed by atoms with Crippen molar-refractivity contribution in [2.45, 2.75) is 20.3 Å². The first-order valence-electron chi connectivity index (χ1n) is 4.95. The molecule has 1 atom stereocenters. The number of alkyl halides is 1. The van der Waals surface area contributed by atoms with Crippen molar-refractivity contribution in [2.75, 3.05) is 5.88 Å². The number of hydrogen-bond acceptors (Lipinski definition) is 0. The third kappa shape index (κ3) is 3.25. The number of halogens is 2. The van der Waals surface area contributed by atoms with Crippen LogP contribution in [0.5, 0.6) is 0 Å². The van der Waals surface area contributed by atoms with E-state index >= 15 is 0 Å². The van der Waals surface area contributed by atoms with E-state index in [1.807, 2.05) is 25.1 Å². The molecule has 0 fully saturated rings. The van der Waals surface area contributed by atoms with Crippen molar-refractivity contribution in [3.8, 4) is 0 Å². The lowest BCUT2D eigenvalue weighted by Gasteiger charge is -2.22. The number of hydrogen-bond donors (Lipinski definition) is 0. The molecular formula is C13H16Cl2. The number of rotatable bonds is 4. The summed E-state index contributed by atoms with van der Waals surface area (Å²) in [4.78, 5) is 0. The van der Waals surface area contributed by atoms with Gasteiger partial charge in [0, 0.05) is 16.3 Å². The predicted octanol–water partition coefficient (Wildman–Crippen LogP) is 4.62. The average molecular weight is 243 g/mol. The molecule has 0 saturated heterocycles. The molecule has 0 aliphatic rings. The first kappa shape index (κ1) is 12.6. The van der Waals surface area contributed by atoms with Crippen molar-refractivity contribution in [1.82, 2.24) is 0 Å². The Morgan fingerprint density at radius 2 is 2.13 bits per heavy atom. The molecule has 0 radical (unpaired) electrons. The van der Waals surface area contributed by atoms with E-state index in [1.165, 1.54) is 5.56 Å². The van der Waals surface area contributed by atoms with Gasteiger partial charge < -0.3 is 0 Å². The molecular weight excluding hydrogens is 227 g/mol. The molecule has 0 nitrogen and oxygen atoms in total. The van der Waals surface area contributed by atoms with Gasteiger partial charge in [-0.3, -0.25) is 0 Å². The molecule has 0 aliphatic heterocycles. The van der Waals surface area contributed by atoms with Crippen LogP contribution in [0.25, 0.3) is 0 Å². The van der Waals surface area contributed by atoms with Crippen molar-refractivity contribution in [3.05, 3.63) is 47.0 Å². The van der Waals surface area contributed by atoms with Crippen LogP contribution in [0.15, 0.2) is 30.9 Å². The van der Waals surface area contributed by atoms with Crippen molar-refractivity contribution in [2.24, 2.45) is 5.41 Å². The zero-order valence-corrected chi connectivity index (χ0v) is 10.7. The molecule has 0 spiro atoms. The lowest BCUT2D eigenvalue weighted by molar-refractivity contribution is 0.486. The second-order valence-electron chi connectivity index (χ2n) is 4.25. The Morgan fingerprint density at radius 3 is 2.60 bits per heavy atom. The largest absolute Gasteiger partial charge is 0.126 e. The maximum Gasteiger partial charge on any atom is 0.0435 e. The summed E-state index contributed by atoms with van der Waals surface area (Å²) < 4.78 is 0. The summed E-state index contributed by atoms with van der Waals surface area (Å²) in [6, 6.07) is 6.09. The molecule has 15 heavy (non-hydrogen) atoms. The highest BCUT2D eigenvalue weighted by Crippen LogP contribution is 2.27. The van der Waals surface area contributed by atoms with Crippen LogP contribution in [0.2, 0.25) is 5.02 Å². The summed E-state index contributed by atoms with van der Waals surface area (Å²) in [5, 5.41) is 0.810. The van der Waals surface area contributed by atoms with E-state index in [4.69, 9.17) is 23.2 Å². The zero-order valence-electron chi connectivity index (χ0n) is 9.19. The Bertz CT molecular complexity index is 358. The second kappa shape index (κ2) is 5.05. The third-order valence-corrected chi connectivity index (χ3v) is 3.66. The maximum absolute atomic E-state index is 5.97. The monoisotopic (exact) mass is 242 g/mol. The van der Waals surface area contributed by atoms with Gasteiger partial charge in [0.1, 0.15) is 0 Å². The molecule has 0 N–H and O–H groups in total. The maximum atomic E-state index is 5.97. The van der Waals surface area contributed by atoms with E-state index in [9.17, 15) is 0 Å². The zero-order chi connectivity index (χ0) is 11.5. The predicted molar refractivity (Wildman–Crippen MR) is 68.9 cm³/mol. The minimum Gasteiger partial charge on any atom is -0.126 e. The molecule has 1 rings (SSSR count). The smallest absolute Gasteiger partial charge is 0.0435 e. The van der Waals surface area contributed by atoms with Crippen LogP contribution in [0.4, 0.5) is 0 Å². The van der Waals surface area contributed by atoms with Crippen molar-refractivity contribution in [3.63, 3.8) is 0 Å². The van der Waals surface area contributed by atoms with Gasteiger partial charge in [-0.05, 0) is 30.5 Å². The second-order valence-corrected chi connectivity index (χ2v) is 4.93.